The van der Waals surface area contributed by atoms with Crippen LogP contribution in [-0.2, 0) is 4.79 Å². The van der Waals surface area contributed by atoms with Gasteiger partial charge in [-0.15, -0.1) is 0 Å². The number of carboxylic acids is 1. The predicted molar refractivity (Wildman–Crippen MR) is 137 cm³/mol. The highest BCUT2D eigenvalue weighted by Crippen LogP contribution is 2.75. The van der Waals surface area contributed by atoms with Gasteiger partial charge in [-0.3, -0.25) is 4.79 Å². The van der Waals surface area contributed by atoms with Gasteiger partial charge >= 0.3 is 5.97 Å². The predicted octanol–water partition coefficient (Wildman–Crippen LogP) is 4.15. The summed E-state index contributed by atoms with van der Waals surface area (Å²) in [6.07, 6.45) is 5.13. The van der Waals surface area contributed by atoms with Crippen LogP contribution in [0.2, 0.25) is 0 Å². The van der Waals surface area contributed by atoms with Crippen LogP contribution in [-0.4, -0.2) is 56.4 Å². The van der Waals surface area contributed by atoms with Crippen molar-refractivity contribution in [2.75, 3.05) is 6.61 Å². The number of fused-ring (bicyclic) bond motifs is 7. The molecule has 2 unspecified atom stereocenters. The summed E-state index contributed by atoms with van der Waals surface area (Å²) in [5.74, 6) is -0.765. The van der Waals surface area contributed by atoms with Crippen molar-refractivity contribution in [2.45, 2.75) is 111 Å². The Kier molecular flexibility index (Phi) is 5.77. The molecule has 5 N–H and O–H groups in total. The first-order chi connectivity index (χ1) is 16.5. The van der Waals surface area contributed by atoms with Crippen LogP contribution in [0, 0.1) is 50.2 Å². The number of hydrogen-bond donors (Lipinski definition) is 5. The van der Waals surface area contributed by atoms with E-state index < -0.39 is 35.1 Å². The Hall–Kier alpha value is -0.950. The molecule has 36 heavy (non-hydrogen) atoms. The van der Waals surface area contributed by atoms with Crippen molar-refractivity contribution in [1.29, 1.82) is 0 Å². The summed E-state index contributed by atoms with van der Waals surface area (Å²) in [6.45, 7) is 13.1. The van der Waals surface area contributed by atoms with Crippen molar-refractivity contribution in [3.63, 3.8) is 0 Å². The van der Waals surface area contributed by atoms with Crippen molar-refractivity contribution in [3.8, 4) is 0 Å². The molecule has 0 heterocycles. The highest BCUT2D eigenvalue weighted by Gasteiger charge is 2.72. The molecule has 5 rings (SSSR count). The van der Waals surface area contributed by atoms with E-state index in [9.17, 15) is 30.3 Å². The molecule has 204 valence electrons. The van der Waals surface area contributed by atoms with E-state index in [1.165, 1.54) is 5.57 Å². The number of carbonyl (C=O) groups is 1. The molecule has 0 saturated heterocycles. The number of allylic oxidation sites excluding steroid dienone is 2. The molecular weight excluding hydrogens is 456 g/mol. The van der Waals surface area contributed by atoms with Gasteiger partial charge in [0.05, 0.1) is 24.9 Å². The topological polar surface area (TPSA) is 118 Å². The van der Waals surface area contributed by atoms with Crippen LogP contribution in [0.4, 0.5) is 0 Å². The quantitative estimate of drug-likeness (QED) is 0.361. The number of carboxylic acid groups (broad SMARTS) is 1. The Labute approximate surface area is 216 Å². The van der Waals surface area contributed by atoms with Crippen LogP contribution in [0.3, 0.4) is 0 Å². The van der Waals surface area contributed by atoms with E-state index in [1.807, 2.05) is 6.92 Å². The van der Waals surface area contributed by atoms with Crippen molar-refractivity contribution in [1.82, 2.24) is 0 Å². The summed E-state index contributed by atoms with van der Waals surface area (Å²) in [7, 11) is 0. The number of aliphatic hydroxyl groups excluding tert-OH is 4. The fourth-order valence-electron chi connectivity index (χ4n) is 10.9. The minimum atomic E-state index is -1.12. The molecule has 4 fully saturated rings. The molecule has 0 bridgehead atoms. The first kappa shape index (κ1) is 26.6. The second-order valence-electron chi connectivity index (χ2n) is 15.2. The smallest absolute Gasteiger partial charge is 0.312 e. The van der Waals surface area contributed by atoms with Crippen LogP contribution in [0.15, 0.2) is 11.6 Å². The Morgan fingerprint density at radius 3 is 2.22 bits per heavy atom. The molecule has 5 aliphatic carbocycles. The monoisotopic (exact) mass is 504 g/mol. The molecule has 0 aromatic carbocycles. The zero-order valence-corrected chi connectivity index (χ0v) is 23.0. The minimum Gasteiger partial charge on any atom is -0.481 e. The maximum absolute atomic E-state index is 12.8. The van der Waals surface area contributed by atoms with Gasteiger partial charge < -0.3 is 25.5 Å². The summed E-state index contributed by atoms with van der Waals surface area (Å²) < 4.78 is 0. The van der Waals surface area contributed by atoms with Gasteiger partial charge in [0.2, 0.25) is 0 Å². The number of aliphatic carboxylic acids is 1. The third-order valence-electron chi connectivity index (χ3n) is 13.2. The molecule has 6 heteroatoms. The zero-order chi connectivity index (χ0) is 26.7. The standard InChI is InChI=1S/C30H48O6/c1-25(2)11-12-30(24(35)36)18(13-25)17-7-8-21-26(3)14-19(32)23(34)27(4,16-31)20(26)9-10-28(21,5)29(17,6)15-22(30)33/h7,18-23,31-34H,8-16H2,1-6H3,(H,35,36)/t18-,19-,20?,21?,22+,23-,26-,27-,28+,29+,30+/m0/s1. The van der Waals surface area contributed by atoms with E-state index in [0.29, 0.717) is 19.3 Å². The Morgan fingerprint density at radius 1 is 0.944 bits per heavy atom. The second kappa shape index (κ2) is 7.80. The maximum Gasteiger partial charge on any atom is 0.312 e. The van der Waals surface area contributed by atoms with Gasteiger partial charge in [-0.25, -0.2) is 0 Å². The van der Waals surface area contributed by atoms with Crippen LogP contribution in [0.1, 0.15) is 92.9 Å². The van der Waals surface area contributed by atoms with Gasteiger partial charge in [0.1, 0.15) is 5.41 Å². The van der Waals surface area contributed by atoms with Crippen molar-refractivity contribution >= 4 is 5.97 Å². The van der Waals surface area contributed by atoms with Gasteiger partial charge in [-0.05, 0) is 90.8 Å². The van der Waals surface area contributed by atoms with Crippen LogP contribution >= 0.6 is 0 Å². The highest BCUT2D eigenvalue weighted by molar-refractivity contribution is 5.77. The maximum atomic E-state index is 12.8. The summed E-state index contributed by atoms with van der Waals surface area (Å²) in [5, 5.41) is 54.5. The minimum absolute atomic E-state index is 0.0242. The van der Waals surface area contributed by atoms with Crippen molar-refractivity contribution in [2.24, 2.45) is 50.2 Å². The summed E-state index contributed by atoms with van der Waals surface area (Å²) in [5.41, 5.74) is -1.44. The lowest BCUT2D eigenvalue weighted by molar-refractivity contribution is -0.248. The van der Waals surface area contributed by atoms with E-state index in [1.54, 1.807) is 0 Å². The first-order valence-electron chi connectivity index (χ1n) is 14.1. The van der Waals surface area contributed by atoms with Crippen molar-refractivity contribution in [3.05, 3.63) is 11.6 Å². The van der Waals surface area contributed by atoms with E-state index in [-0.39, 0.29) is 46.0 Å². The Balaban J connectivity index is 1.64. The van der Waals surface area contributed by atoms with Crippen molar-refractivity contribution < 1.29 is 30.3 Å². The fourth-order valence-corrected chi connectivity index (χ4v) is 10.9. The lowest BCUT2D eigenvalue weighted by atomic mass is 9.33. The molecule has 6 nitrogen and oxygen atoms in total. The van der Waals surface area contributed by atoms with Gasteiger partial charge in [0, 0.05) is 5.41 Å². The van der Waals surface area contributed by atoms with Gasteiger partial charge in [0.25, 0.3) is 0 Å². The number of hydrogen-bond acceptors (Lipinski definition) is 5. The largest absolute Gasteiger partial charge is 0.481 e. The zero-order valence-electron chi connectivity index (χ0n) is 23.0. The lowest BCUT2D eigenvalue weighted by Gasteiger charge is -2.72. The highest BCUT2D eigenvalue weighted by atomic mass is 16.4. The van der Waals surface area contributed by atoms with E-state index >= 15 is 0 Å². The third kappa shape index (κ3) is 3.02. The van der Waals surface area contributed by atoms with E-state index in [4.69, 9.17) is 0 Å². The normalized spacial score (nSPS) is 55.9. The summed E-state index contributed by atoms with van der Waals surface area (Å²) in [6, 6.07) is 0. The summed E-state index contributed by atoms with van der Waals surface area (Å²) in [4.78, 5) is 12.8. The first-order valence-corrected chi connectivity index (χ1v) is 14.1. The van der Waals surface area contributed by atoms with Gasteiger partial charge in [0.15, 0.2) is 0 Å². The van der Waals surface area contributed by atoms with Crippen LogP contribution in [0.5, 0.6) is 0 Å². The molecule has 0 radical (unpaired) electrons. The third-order valence-corrected chi connectivity index (χ3v) is 13.2. The van der Waals surface area contributed by atoms with Crippen LogP contribution < -0.4 is 0 Å². The van der Waals surface area contributed by atoms with Crippen LogP contribution in [0.25, 0.3) is 0 Å². The molecule has 11 atom stereocenters. The average molecular weight is 505 g/mol. The fraction of sp³-hybridized carbons (Fsp3) is 0.900. The van der Waals surface area contributed by atoms with Gasteiger partial charge in [-0.2, -0.15) is 0 Å². The molecule has 0 aromatic heterocycles. The molecule has 5 aliphatic rings. The Morgan fingerprint density at radius 2 is 1.61 bits per heavy atom. The molecule has 0 aliphatic heterocycles. The summed E-state index contributed by atoms with van der Waals surface area (Å²) >= 11 is 0. The molecule has 4 saturated carbocycles. The number of rotatable bonds is 2. The molecule has 0 amide bonds. The molecule has 0 spiro atoms. The van der Waals surface area contributed by atoms with E-state index in [0.717, 1.165) is 32.1 Å². The lowest BCUT2D eigenvalue weighted by Crippen LogP contribution is -2.69. The SMILES string of the molecule is CC1(C)CC[C@]2(C(=O)O)[C@H](O)C[C@]3(C)C(=CCC4[C@@]5(C)C[C@H](O)[C@H](O)[C@@](C)(CO)C5CC[C@]43C)[C@@H]2C1. The molecular formula is C30H48O6. The second-order valence-corrected chi connectivity index (χ2v) is 15.2. The number of aliphatic hydroxyl groups is 4. The Bertz CT molecular complexity index is 974. The molecule has 0 aromatic rings. The average Bonchev–Trinajstić information content (AvgIpc) is 2.77. The van der Waals surface area contributed by atoms with E-state index in [2.05, 4.69) is 40.7 Å². The van der Waals surface area contributed by atoms with Gasteiger partial charge in [-0.1, -0.05) is 53.2 Å².